The minimum absolute atomic E-state index is 0. The number of halogens is 1. The molecule has 0 saturated carbocycles. The van der Waals surface area contributed by atoms with E-state index in [4.69, 9.17) is 10.5 Å². The van der Waals surface area contributed by atoms with E-state index < -0.39 is 0 Å². The van der Waals surface area contributed by atoms with Crippen molar-refractivity contribution in [1.29, 1.82) is 0 Å². The van der Waals surface area contributed by atoms with Crippen molar-refractivity contribution in [2.45, 2.75) is 25.7 Å². The van der Waals surface area contributed by atoms with Crippen LogP contribution in [0.4, 0.5) is 0 Å². The van der Waals surface area contributed by atoms with E-state index >= 15 is 0 Å². The maximum Gasteiger partial charge on any atom is 0.0506 e. The smallest absolute Gasteiger partial charge is 0.0506 e. The number of likely N-dealkylation sites (tertiary alicyclic amines) is 1. The molecule has 0 aromatic heterocycles. The number of rotatable bonds is 3. The summed E-state index contributed by atoms with van der Waals surface area (Å²) in [6, 6.07) is 0. The Labute approximate surface area is 105 Å². The monoisotopic (exact) mass is 248 g/mol. The summed E-state index contributed by atoms with van der Waals surface area (Å²) in [7, 11) is 0. The first-order chi connectivity index (χ1) is 7.38. The molecule has 1 unspecified atom stereocenters. The average Bonchev–Trinajstić information content (AvgIpc) is 2.31. The van der Waals surface area contributed by atoms with Gasteiger partial charge in [-0.2, -0.15) is 0 Å². The molecule has 2 saturated heterocycles. The molecule has 4 heteroatoms. The molecule has 2 aliphatic heterocycles. The van der Waals surface area contributed by atoms with Gasteiger partial charge in [0.1, 0.15) is 0 Å². The van der Waals surface area contributed by atoms with Crippen LogP contribution in [0, 0.1) is 11.8 Å². The zero-order valence-electron chi connectivity index (χ0n) is 10.1. The maximum absolute atomic E-state index is 5.69. The second-order valence-electron chi connectivity index (χ2n) is 5.06. The Morgan fingerprint density at radius 2 is 1.88 bits per heavy atom. The molecule has 1 atom stereocenters. The highest BCUT2D eigenvalue weighted by Gasteiger charge is 2.22. The summed E-state index contributed by atoms with van der Waals surface area (Å²) < 4.78 is 5.52. The summed E-state index contributed by atoms with van der Waals surface area (Å²) >= 11 is 0. The average molecular weight is 249 g/mol. The SMILES string of the molecule is Cl.NCC1CCN(CC2CCCOC2)CC1. The van der Waals surface area contributed by atoms with E-state index in [-0.39, 0.29) is 12.4 Å². The van der Waals surface area contributed by atoms with E-state index in [0.717, 1.165) is 31.6 Å². The first-order valence-corrected chi connectivity index (χ1v) is 6.38. The molecule has 0 aliphatic carbocycles. The molecule has 2 fully saturated rings. The molecule has 96 valence electrons. The highest BCUT2D eigenvalue weighted by atomic mass is 35.5. The lowest BCUT2D eigenvalue weighted by Gasteiger charge is -2.34. The van der Waals surface area contributed by atoms with Crippen LogP contribution < -0.4 is 5.73 Å². The maximum atomic E-state index is 5.69. The van der Waals surface area contributed by atoms with Crippen LogP contribution in [0.15, 0.2) is 0 Å². The second-order valence-corrected chi connectivity index (χ2v) is 5.06. The fourth-order valence-corrected chi connectivity index (χ4v) is 2.72. The number of hydrogen-bond acceptors (Lipinski definition) is 3. The third-order valence-electron chi connectivity index (χ3n) is 3.81. The van der Waals surface area contributed by atoms with Crippen LogP contribution in [0.5, 0.6) is 0 Å². The van der Waals surface area contributed by atoms with Crippen molar-refractivity contribution in [3.05, 3.63) is 0 Å². The minimum Gasteiger partial charge on any atom is -0.381 e. The van der Waals surface area contributed by atoms with Crippen molar-refractivity contribution in [2.24, 2.45) is 17.6 Å². The molecule has 2 rings (SSSR count). The van der Waals surface area contributed by atoms with E-state index in [1.807, 2.05) is 0 Å². The predicted octanol–water partition coefficient (Wildman–Crippen LogP) is 1.51. The van der Waals surface area contributed by atoms with Gasteiger partial charge >= 0.3 is 0 Å². The number of hydrogen-bond donors (Lipinski definition) is 1. The third-order valence-corrected chi connectivity index (χ3v) is 3.81. The van der Waals surface area contributed by atoms with Crippen molar-refractivity contribution in [3.63, 3.8) is 0 Å². The Morgan fingerprint density at radius 3 is 2.44 bits per heavy atom. The summed E-state index contributed by atoms with van der Waals surface area (Å²) in [6.45, 7) is 6.58. The number of ether oxygens (including phenoxy) is 1. The predicted molar refractivity (Wildman–Crippen MR) is 69.0 cm³/mol. The lowest BCUT2D eigenvalue weighted by molar-refractivity contribution is 0.0329. The Balaban J connectivity index is 0.00000128. The van der Waals surface area contributed by atoms with E-state index in [1.165, 1.54) is 45.3 Å². The van der Waals surface area contributed by atoms with E-state index in [9.17, 15) is 0 Å². The molecule has 2 N–H and O–H groups in total. The molecule has 0 aromatic rings. The van der Waals surface area contributed by atoms with E-state index in [0.29, 0.717) is 0 Å². The summed E-state index contributed by atoms with van der Waals surface area (Å²) in [5.74, 6) is 1.57. The molecular weight excluding hydrogens is 224 g/mol. The second kappa shape index (κ2) is 7.49. The van der Waals surface area contributed by atoms with Crippen molar-refractivity contribution >= 4 is 12.4 Å². The molecule has 0 amide bonds. The Morgan fingerprint density at radius 1 is 1.12 bits per heavy atom. The molecule has 2 aliphatic rings. The van der Waals surface area contributed by atoms with Gasteiger partial charge in [0.05, 0.1) is 6.61 Å². The molecule has 0 bridgehead atoms. The molecule has 3 nitrogen and oxygen atoms in total. The van der Waals surface area contributed by atoms with Gasteiger partial charge in [-0.25, -0.2) is 0 Å². The quantitative estimate of drug-likeness (QED) is 0.823. The minimum atomic E-state index is 0. The van der Waals surface area contributed by atoms with Crippen molar-refractivity contribution in [1.82, 2.24) is 4.90 Å². The van der Waals surface area contributed by atoms with Crippen LogP contribution in [0.1, 0.15) is 25.7 Å². The van der Waals surface area contributed by atoms with E-state index in [1.54, 1.807) is 0 Å². The molecule has 0 radical (unpaired) electrons. The Kier molecular flexibility index (Phi) is 6.66. The largest absolute Gasteiger partial charge is 0.381 e. The van der Waals surface area contributed by atoms with Gasteiger partial charge in [-0.05, 0) is 57.2 Å². The van der Waals surface area contributed by atoms with Gasteiger partial charge < -0.3 is 15.4 Å². The van der Waals surface area contributed by atoms with Crippen LogP contribution in [-0.2, 0) is 4.74 Å². The highest BCUT2D eigenvalue weighted by Crippen LogP contribution is 2.20. The number of nitrogens with two attached hydrogens (primary N) is 1. The molecular formula is C12H25ClN2O. The molecule has 16 heavy (non-hydrogen) atoms. The van der Waals surface area contributed by atoms with Crippen LogP contribution in [0.25, 0.3) is 0 Å². The zero-order chi connectivity index (χ0) is 10.5. The standard InChI is InChI=1S/C12H24N2O.ClH/c13-8-11-3-5-14(6-4-11)9-12-2-1-7-15-10-12;/h11-12H,1-10,13H2;1H. The molecule has 2 heterocycles. The summed E-state index contributed by atoms with van der Waals surface area (Å²) in [5, 5.41) is 0. The van der Waals surface area contributed by atoms with Crippen molar-refractivity contribution < 1.29 is 4.74 Å². The normalized spacial score (nSPS) is 28.7. The van der Waals surface area contributed by atoms with Crippen LogP contribution in [-0.4, -0.2) is 44.3 Å². The summed E-state index contributed by atoms with van der Waals surface area (Å²) in [6.07, 6.45) is 5.20. The van der Waals surface area contributed by atoms with Crippen LogP contribution >= 0.6 is 12.4 Å². The highest BCUT2D eigenvalue weighted by molar-refractivity contribution is 5.85. The van der Waals surface area contributed by atoms with Gasteiger partial charge in [-0.3, -0.25) is 0 Å². The Bertz CT molecular complexity index is 178. The fraction of sp³-hybridized carbons (Fsp3) is 1.00. The van der Waals surface area contributed by atoms with Gasteiger partial charge in [0.2, 0.25) is 0 Å². The molecule has 0 spiro atoms. The number of nitrogens with zero attached hydrogens (tertiary/aromatic N) is 1. The lowest BCUT2D eigenvalue weighted by atomic mass is 9.95. The first kappa shape index (κ1) is 14.2. The van der Waals surface area contributed by atoms with Crippen LogP contribution in [0.2, 0.25) is 0 Å². The fourth-order valence-electron chi connectivity index (χ4n) is 2.72. The van der Waals surface area contributed by atoms with E-state index in [2.05, 4.69) is 4.90 Å². The topological polar surface area (TPSA) is 38.5 Å². The summed E-state index contributed by atoms with van der Waals surface area (Å²) in [4.78, 5) is 2.60. The van der Waals surface area contributed by atoms with Crippen LogP contribution in [0.3, 0.4) is 0 Å². The molecule has 0 aromatic carbocycles. The third kappa shape index (κ3) is 4.21. The van der Waals surface area contributed by atoms with Gasteiger partial charge in [0.25, 0.3) is 0 Å². The van der Waals surface area contributed by atoms with Gasteiger partial charge in [0.15, 0.2) is 0 Å². The van der Waals surface area contributed by atoms with Crippen molar-refractivity contribution in [2.75, 3.05) is 39.4 Å². The first-order valence-electron chi connectivity index (χ1n) is 6.38. The van der Waals surface area contributed by atoms with Gasteiger partial charge in [0, 0.05) is 13.2 Å². The zero-order valence-corrected chi connectivity index (χ0v) is 10.9. The van der Waals surface area contributed by atoms with Gasteiger partial charge in [-0.15, -0.1) is 12.4 Å². The van der Waals surface area contributed by atoms with Crippen molar-refractivity contribution in [3.8, 4) is 0 Å². The Hall–Kier alpha value is 0.170. The number of piperidine rings is 1. The van der Waals surface area contributed by atoms with Gasteiger partial charge in [-0.1, -0.05) is 0 Å². The lowest BCUT2D eigenvalue weighted by Crippen LogP contribution is -2.40. The summed E-state index contributed by atoms with van der Waals surface area (Å²) in [5.41, 5.74) is 5.69.